The Bertz CT molecular complexity index is 163. The molecule has 0 aromatic heterocycles. The molecule has 0 aliphatic carbocycles. The van der Waals surface area contributed by atoms with Gasteiger partial charge in [-0.05, 0) is 31.7 Å². The second-order valence-electron chi connectivity index (χ2n) is 5.28. The Morgan fingerprint density at radius 2 is 1.88 bits per heavy atom. The normalized spacial score (nSPS) is 19.4. The Balaban J connectivity index is 1.92. The number of rotatable bonds is 9. The van der Waals surface area contributed by atoms with Crippen molar-refractivity contribution in [2.24, 2.45) is 5.92 Å². The van der Waals surface area contributed by atoms with Gasteiger partial charge in [0.15, 0.2) is 0 Å². The molecule has 3 nitrogen and oxygen atoms in total. The zero-order valence-corrected chi connectivity index (χ0v) is 11.5. The van der Waals surface area contributed by atoms with E-state index in [4.69, 9.17) is 0 Å². The molecule has 2 N–H and O–H groups in total. The number of hydrogen-bond donors (Lipinski definition) is 2. The molecule has 3 heteroatoms. The first-order valence-electron chi connectivity index (χ1n) is 7.40. The third-order valence-electron chi connectivity index (χ3n) is 3.75. The summed E-state index contributed by atoms with van der Waals surface area (Å²) in [5.41, 5.74) is 0. The van der Waals surface area contributed by atoms with Crippen LogP contribution in [0.2, 0.25) is 0 Å². The highest BCUT2D eigenvalue weighted by Gasteiger charge is 2.09. The third-order valence-corrected chi connectivity index (χ3v) is 3.75. The van der Waals surface area contributed by atoms with Crippen LogP contribution in [0.1, 0.15) is 45.4 Å². The van der Waals surface area contributed by atoms with Crippen LogP contribution in [0.4, 0.5) is 0 Å². The lowest BCUT2D eigenvalue weighted by molar-refractivity contribution is 0.203. The number of nitrogens with zero attached hydrogens (tertiary/aromatic N) is 1. The predicted molar refractivity (Wildman–Crippen MR) is 73.3 cm³/mol. The van der Waals surface area contributed by atoms with Crippen molar-refractivity contribution in [3.63, 3.8) is 0 Å². The van der Waals surface area contributed by atoms with Crippen LogP contribution in [0.15, 0.2) is 0 Å². The zero-order chi connectivity index (χ0) is 12.3. The number of aliphatic hydroxyl groups excluding tert-OH is 1. The van der Waals surface area contributed by atoms with Gasteiger partial charge in [-0.1, -0.05) is 26.2 Å². The maximum Gasteiger partial charge on any atom is 0.0459 e. The number of unbranched alkanes of at least 4 members (excludes halogenated alkanes) is 2. The van der Waals surface area contributed by atoms with Crippen LogP contribution in [0.25, 0.3) is 0 Å². The smallest absolute Gasteiger partial charge is 0.0459 e. The van der Waals surface area contributed by atoms with Crippen LogP contribution in [-0.2, 0) is 0 Å². The molecule has 0 saturated carbocycles. The van der Waals surface area contributed by atoms with Crippen molar-refractivity contribution in [3.8, 4) is 0 Å². The molecular weight excluding hydrogens is 212 g/mol. The van der Waals surface area contributed by atoms with Crippen molar-refractivity contribution in [2.45, 2.75) is 45.4 Å². The Hall–Kier alpha value is -0.120. The zero-order valence-electron chi connectivity index (χ0n) is 11.5. The van der Waals surface area contributed by atoms with Crippen molar-refractivity contribution in [2.75, 3.05) is 39.3 Å². The van der Waals surface area contributed by atoms with Crippen molar-refractivity contribution in [3.05, 3.63) is 0 Å². The Morgan fingerprint density at radius 1 is 1.12 bits per heavy atom. The van der Waals surface area contributed by atoms with Crippen LogP contribution in [0, 0.1) is 5.92 Å². The molecule has 1 aliphatic heterocycles. The fraction of sp³-hybridized carbons (Fsp3) is 1.00. The summed E-state index contributed by atoms with van der Waals surface area (Å²) in [6, 6.07) is 0. The Morgan fingerprint density at radius 3 is 2.53 bits per heavy atom. The highest BCUT2D eigenvalue weighted by molar-refractivity contribution is 4.67. The molecule has 17 heavy (non-hydrogen) atoms. The van der Waals surface area contributed by atoms with Gasteiger partial charge in [0.1, 0.15) is 0 Å². The molecule has 0 aromatic rings. The van der Waals surface area contributed by atoms with Crippen molar-refractivity contribution >= 4 is 0 Å². The Labute approximate surface area is 107 Å². The molecule has 0 spiro atoms. The third kappa shape index (κ3) is 7.02. The largest absolute Gasteiger partial charge is 0.396 e. The van der Waals surface area contributed by atoms with Crippen LogP contribution in [-0.4, -0.2) is 49.3 Å². The van der Waals surface area contributed by atoms with E-state index in [1.54, 1.807) is 0 Å². The molecule has 0 aromatic carbocycles. The lowest BCUT2D eigenvalue weighted by atomic mass is 9.97. The summed E-state index contributed by atoms with van der Waals surface area (Å²) >= 11 is 0. The summed E-state index contributed by atoms with van der Waals surface area (Å²) < 4.78 is 0. The standard InChI is InChI=1S/C14H30N2O/c1-2-6-14(13-17)7-4-3-5-10-16-11-8-15-9-12-16/h14-15,17H,2-13H2,1H3. The maximum absolute atomic E-state index is 9.20. The number of aliphatic hydroxyl groups is 1. The first-order valence-corrected chi connectivity index (χ1v) is 7.40. The summed E-state index contributed by atoms with van der Waals surface area (Å²) in [5, 5.41) is 12.6. The van der Waals surface area contributed by atoms with Crippen molar-refractivity contribution < 1.29 is 5.11 Å². The average Bonchev–Trinajstić information content (AvgIpc) is 2.38. The highest BCUT2D eigenvalue weighted by Crippen LogP contribution is 2.15. The minimum Gasteiger partial charge on any atom is -0.396 e. The van der Waals surface area contributed by atoms with E-state index >= 15 is 0 Å². The van der Waals surface area contributed by atoms with Gasteiger partial charge in [0.05, 0.1) is 0 Å². The summed E-state index contributed by atoms with van der Waals surface area (Å²) in [4.78, 5) is 2.56. The van der Waals surface area contributed by atoms with E-state index in [9.17, 15) is 5.11 Å². The molecule has 0 amide bonds. The van der Waals surface area contributed by atoms with Crippen LogP contribution in [0.5, 0.6) is 0 Å². The molecule has 1 rings (SSSR count). The van der Waals surface area contributed by atoms with Crippen LogP contribution in [0.3, 0.4) is 0 Å². The van der Waals surface area contributed by atoms with E-state index in [0.29, 0.717) is 12.5 Å². The van der Waals surface area contributed by atoms with E-state index in [2.05, 4.69) is 17.1 Å². The minimum atomic E-state index is 0.381. The quantitative estimate of drug-likeness (QED) is 0.606. The second kappa shape index (κ2) is 9.86. The van der Waals surface area contributed by atoms with Gasteiger partial charge < -0.3 is 15.3 Å². The van der Waals surface area contributed by atoms with E-state index in [0.717, 1.165) is 13.1 Å². The minimum absolute atomic E-state index is 0.381. The Kier molecular flexibility index (Phi) is 8.67. The second-order valence-corrected chi connectivity index (χ2v) is 5.28. The van der Waals surface area contributed by atoms with E-state index in [1.165, 1.54) is 58.2 Å². The maximum atomic E-state index is 9.20. The molecule has 1 fully saturated rings. The van der Waals surface area contributed by atoms with Gasteiger partial charge in [0, 0.05) is 32.8 Å². The molecule has 102 valence electrons. The number of piperazine rings is 1. The first-order chi connectivity index (χ1) is 8.36. The SMILES string of the molecule is CCCC(CO)CCCCCN1CCNCC1. The lowest BCUT2D eigenvalue weighted by Gasteiger charge is -2.27. The molecule has 0 radical (unpaired) electrons. The lowest BCUT2D eigenvalue weighted by Crippen LogP contribution is -2.43. The highest BCUT2D eigenvalue weighted by atomic mass is 16.3. The fourth-order valence-corrected chi connectivity index (χ4v) is 2.62. The summed E-state index contributed by atoms with van der Waals surface area (Å²) in [7, 11) is 0. The molecule has 1 atom stereocenters. The van der Waals surface area contributed by atoms with Gasteiger partial charge in [0.25, 0.3) is 0 Å². The van der Waals surface area contributed by atoms with Crippen LogP contribution < -0.4 is 5.32 Å². The topological polar surface area (TPSA) is 35.5 Å². The fourth-order valence-electron chi connectivity index (χ4n) is 2.62. The molecule has 0 bridgehead atoms. The first kappa shape index (κ1) is 14.9. The van der Waals surface area contributed by atoms with Crippen molar-refractivity contribution in [1.29, 1.82) is 0 Å². The molecule has 1 saturated heterocycles. The summed E-state index contributed by atoms with van der Waals surface area (Å²) in [6.45, 7) is 8.59. The molecular formula is C14H30N2O. The monoisotopic (exact) mass is 242 g/mol. The van der Waals surface area contributed by atoms with Gasteiger partial charge in [-0.3, -0.25) is 0 Å². The molecule has 1 unspecified atom stereocenters. The van der Waals surface area contributed by atoms with Crippen LogP contribution >= 0.6 is 0 Å². The average molecular weight is 242 g/mol. The number of hydrogen-bond acceptors (Lipinski definition) is 3. The summed E-state index contributed by atoms with van der Waals surface area (Å²) in [6.07, 6.45) is 7.54. The van der Waals surface area contributed by atoms with Gasteiger partial charge in [0.2, 0.25) is 0 Å². The van der Waals surface area contributed by atoms with Crippen molar-refractivity contribution in [1.82, 2.24) is 10.2 Å². The van der Waals surface area contributed by atoms with E-state index in [1.807, 2.05) is 0 Å². The predicted octanol–water partition coefficient (Wildman–Crippen LogP) is 1.86. The van der Waals surface area contributed by atoms with Gasteiger partial charge in [-0.2, -0.15) is 0 Å². The van der Waals surface area contributed by atoms with Gasteiger partial charge in [-0.15, -0.1) is 0 Å². The molecule has 1 aliphatic rings. The molecule has 1 heterocycles. The van der Waals surface area contributed by atoms with Gasteiger partial charge in [-0.25, -0.2) is 0 Å². The van der Waals surface area contributed by atoms with E-state index < -0.39 is 0 Å². The summed E-state index contributed by atoms with van der Waals surface area (Å²) in [5.74, 6) is 0.555. The number of nitrogens with one attached hydrogen (secondary N) is 1. The van der Waals surface area contributed by atoms with Gasteiger partial charge >= 0.3 is 0 Å². The van der Waals surface area contributed by atoms with E-state index in [-0.39, 0.29) is 0 Å².